The van der Waals surface area contributed by atoms with Crippen molar-refractivity contribution in [3.05, 3.63) is 0 Å². The number of fused-ring (bicyclic) bond motifs is 2. The summed E-state index contributed by atoms with van der Waals surface area (Å²) in [5, 5.41) is 0. The van der Waals surface area contributed by atoms with Gasteiger partial charge >= 0.3 is 5.97 Å². The fourth-order valence-electron chi connectivity index (χ4n) is 3.22. The molecule has 0 N–H and O–H groups in total. The summed E-state index contributed by atoms with van der Waals surface area (Å²) in [5.41, 5.74) is 0. The second-order valence-corrected chi connectivity index (χ2v) is 4.93. The van der Waals surface area contributed by atoms with E-state index in [4.69, 9.17) is 0 Å². The van der Waals surface area contributed by atoms with Gasteiger partial charge in [0, 0.05) is 6.42 Å². The van der Waals surface area contributed by atoms with E-state index in [1.807, 2.05) is 0 Å². The SMILES string of the molecule is COC(=O)CC(=O)CC1CC2CCC1C2. The number of hydrogen-bond acceptors (Lipinski definition) is 3. The highest BCUT2D eigenvalue weighted by molar-refractivity contribution is 5.95. The average Bonchev–Trinajstić information content (AvgIpc) is 2.78. The summed E-state index contributed by atoms with van der Waals surface area (Å²) in [6.07, 6.45) is 5.72. The maximum absolute atomic E-state index is 11.5. The molecule has 0 radical (unpaired) electrons. The second-order valence-electron chi connectivity index (χ2n) is 4.93. The molecule has 0 spiro atoms. The van der Waals surface area contributed by atoms with Crippen LogP contribution in [0.4, 0.5) is 0 Å². The number of Topliss-reactive ketones (excluding diaryl/α,β-unsaturated/α-hetero) is 1. The molecule has 0 aromatic carbocycles. The Hall–Kier alpha value is -0.860. The summed E-state index contributed by atoms with van der Waals surface area (Å²) < 4.78 is 4.49. The van der Waals surface area contributed by atoms with Gasteiger partial charge in [0.25, 0.3) is 0 Å². The first-order valence-corrected chi connectivity index (χ1v) is 5.77. The lowest BCUT2D eigenvalue weighted by atomic mass is 9.85. The first-order chi connectivity index (χ1) is 7.19. The maximum Gasteiger partial charge on any atom is 0.313 e. The lowest BCUT2D eigenvalue weighted by Crippen LogP contribution is -2.17. The molecule has 2 aliphatic rings. The highest BCUT2D eigenvalue weighted by Gasteiger charge is 2.40. The molecule has 3 heteroatoms. The van der Waals surface area contributed by atoms with Crippen LogP contribution in [0.5, 0.6) is 0 Å². The highest BCUT2D eigenvalue weighted by atomic mass is 16.5. The van der Waals surface area contributed by atoms with E-state index in [1.165, 1.54) is 32.8 Å². The van der Waals surface area contributed by atoms with Gasteiger partial charge in [0.2, 0.25) is 0 Å². The Balaban J connectivity index is 1.77. The number of ketones is 1. The Bertz CT molecular complexity index is 272. The molecule has 15 heavy (non-hydrogen) atoms. The summed E-state index contributed by atoms with van der Waals surface area (Å²) >= 11 is 0. The molecule has 3 nitrogen and oxygen atoms in total. The number of carbonyl (C=O) groups excluding carboxylic acids is 2. The molecule has 84 valence electrons. The Morgan fingerprint density at radius 3 is 2.60 bits per heavy atom. The largest absolute Gasteiger partial charge is 0.469 e. The van der Waals surface area contributed by atoms with Gasteiger partial charge in [-0.15, -0.1) is 0 Å². The number of esters is 1. The minimum Gasteiger partial charge on any atom is -0.469 e. The van der Waals surface area contributed by atoms with E-state index in [-0.39, 0.29) is 12.2 Å². The van der Waals surface area contributed by atoms with E-state index < -0.39 is 5.97 Å². The van der Waals surface area contributed by atoms with Crippen molar-refractivity contribution in [3.8, 4) is 0 Å². The van der Waals surface area contributed by atoms with Crippen molar-refractivity contribution < 1.29 is 14.3 Å². The Kier molecular flexibility index (Phi) is 3.08. The van der Waals surface area contributed by atoms with Gasteiger partial charge in [-0.1, -0.05) is 6.42 Å². The molecule has 0 aromatic heterocycles. The summed E-state index contributed by atoms with van der Waals surface area (Å²) in [6, 6.07) is 0. The first kappa shape index (κ1) is 10.7. The molecule has 2 bridgehead atoms. The zero-order valence-corrected chi connectivity index (χ0v) is 9.20. The fourth-order valence-corrected chi connectivity index (χ4v) is 3.22. The smallest absolute Gasteiger partial charge is 0.313 e. The summed E-state index contributed by atoms with van der Waals surface area (Å²) in [7, 11) is 1.33. The van der Waals surface area contributed by atoms with E-state index in [9.17, 15) is 9.59 Å². The predicted molar refractivity (Wildman–Crippen MR) is 55.2 cm³/mol. The third kappa shape index (κ3) is 2.39. The standard InChI is InChI=1S/C12H18O3/c1-15-12(14)7-11(13)6-10-5-8-2-3-9(10)4-8/h8-10H,2-7H2,1H3. The predicted octanol–water partition coefficient (Wildman–Crippen LogP) is 1.94. The van der Waals surface area contributed by atoms with Crippen LogP contribution in [-0.2, 0) is 14.3 Å². The number of rotatable bonds is 4. The molecule has 0 heterocycles. The van der Waals surface area contributed by atoms with Crippen molar-refractivity contribution in [3.63, 3.8) is 0 Å². The van der Waals surface area contributed by atoms with Crippen LogP contribution in [0.15, 0.2) is 0 Å². The molecule has 3 atom stereocenters. The second kappa shape index (κ2) is 4.33. The molecule has 2 fully saturated rings. The van der Waals surface area contributed by atoms with Gasteiger partial charge in [-0.25, -0.2) is 0 Å². The van der Waals surface area contributed by atoms with Crippen LogP contribution in [0, 0.1) is 17.8 Å². The van der Waals surface area contributed by atoms with Gasteiger partial charge in [0.1, 0.15) is 12.2 Å². The van der Waals surface area contributed by atoms with Crippen molar-refractivity contribution in [1.29, 1.82) is 0 Å². The molecular weight excluding hydrogens is 192 g/mol. The van der Waals surface area contributed by atoms with Crippen molar-refractivity contribution in [2.75, 3.05) is 7.11 Å². The number of methoxy groups -OCH3 is 1. The quantitative estimate of drug-likeness (QED) is 0.526. The lowest BCUT2D eigenvalue weighted by molar-refractivity contribution is -0.143. The molecule has 2 saturated carbocycles. The van der Waals surface area contributed by atoms with Crippen LogP contribution in [0.25, 0.3) is 0 Å². The van der Waals surface area contributed by atoms with Gasteiger partial charge in [-0.05, 0) is 37.0 Å². The van der Waals surface area contributed by atoms with Crippen molar-refractivity contribution in [2.24, 2.45) is 17.8 Å². The van der Waals surface area contributed by atoms with E-state index in [0.29, 0.717) is 12.3 Å². The molecular formula is C12H18O3. The van der Waals surface area contributed by atoms with Gasteiger partial charge in [-0.2, -0.15) is 0 Å². The molecule has 0 aromatic rings. The van der Waals surface area contributed by atoms with Crippen molar-refractivity contribution in [1.82, 2.24) is 0 Å². The van der Waals surface area contributed by atoms with E-state index in [1.54, 1.807) is 0 Å². The number of ether oxygens (including phenoxy) is 1. The van der Waals surface area contributed by atoms with Gasteiger partial charge in [-0.3, -0.25) is 9.59 Å². The highest BCUT2D eigenvalue weighted by Crippen LogP contribution is 2.49. The van der Waals surface area contributed by atoms with Gasteiger partial charge in [0.15, 0.2) is 0 Å². The Morgan fingerprint density at radius 2 is 2.07 bits per heavy atom. The van der Waals surface area contributed by atoms with Crippen LogP contribution >= 0.6 is 0 Å². The summed E-state index contributed by atoms with van der Waals surface area (Å²) in [4.78, 5) is 22.5. The summed E-state index contributed by atoms with van der Waals surface area (Å²) in [6.45, 7) is 0. The zero-order chi connectivity index (χ0) is 10.8. The molecule has 3 unspecified atom stereocenters. The lowest BCUT2D eigenvalue weighted by Gasteiger charge is -2.20. The first-order valence-electron chi connectivity index (χ1n) is 5.77. The molecule has 2 aliphatic carbocycles. The molecule has 2 rings (SSSR count). The molecule has 0 saturated heterocycles. The van der Waals surface area contributed by atoms with Crippen molar-refractivity contribution >= 4 is 11.8 Å². The minimum absolute atomic E-state index is 0.0373. The summed E-state index contributed by atoms with van der Waals surface area (Å²) in [5.74, 6) is 1.84. The van der Waals surface area contributed by atoms with Crippen molar-refractivity contribution in [2.45, 2.75) is 38.5 Å². The van der Waals surface area contributed by atoms with Crippen LogP contribution in [0.3, 0.4) is 0 Å². The average molecular weight is 210 g/mol. The zero-order valence-electron chi connectivity index (χ0n) is 9.20. The molecule has 0 amide bonds. The van der Waals surface area contributed by atoms with Crippen LogP contribution in [0.1, 0.15) is 38.5 Å². The van der Waals surface area contributed by atoms with Gasteiger partial charge in [0.05, 0.1) is 7.11 Å². The van der Waals surface area contributed by atoms with E-state index in [0.717, 1.165) is 11.8 Å². The number of carbonyl (C=O) groups is 2. The van der Waals surface area contributed by atoms with Crippen LogP contribution in [0.2, 0.25) is 0 Å². The van der Waals surface area contributed by atoms with E-state index >= 15 is 0 Å². The third-order valence-electron chi connectivity index (χ3n) is 3.94. The monoisotopic (exact) mass is 210 g/mol. The fraction of sp³-hybridized carbons (Fsp3) is 0.833. The Labute approximate surface area is 90.2 Å². The van der Waals surface area contributed by atoms with Gasteiger partial charge < -0.3 is 4.74 Å². The van der Waals surface area contributed by atoms with E-state index in [2.05, 4.69) is 4.74 Å². The van der Waals surface area contributed by atoms with Crippen LogP contribution in [-0.4, -0.2) is 18.9 Å². The topological polar surface area (TPSA) is 43.4 Å². The normalized spacial score (nSPS) is 33.0. The number of hydrogen-bond donors (Lipinski definition) is 0. The Morgan fingerprint density at radius 1 is 1.27 bits per heavy atom. The minimum atomic E-state index is -0.400. The third-order valence-corrected chi connectivity index (χ3v) is 3.94. The maximum atomic E-state index is 11.5. The van der Waals surface area contributed by atoms with Crippen LogP contribution < -0.4 is 0 Å². The molecule has 0 aliphatic heterocycles.